The summed E-state index contributed by atoms with van der Waals surface area (Å²) >= 11 is 0. The van der Waals surface area contributed by atoms with Crippen molar-refractivity contribution in [3.63, 3.8) is 0 Å². The van der Waals surface area contributed by atoms with E-state index in [4.69, 9.17) is 18.9 Å². The zero-order valence-electron chi connectivity index (χ0n) is 18.6. The molecule has 10 nitrogen and oxygen atoms in total. The number of nitrogens with one attached hydrogen (secondary N) is 1. The number of morpholine rings is 1. The molecule has 0 spiro atoms. The third-order valence-corrected chi connectivity index (χ3v) is 6.89. The van der Waals surface area contributed by atoms with Gasteiger partial charge < -0.3 is 24.3 Å². The Morgan fingerprint density at radius 2 is 1.64 bits per heavy atom. The van der Waals surface area contributed by atoms with E-state index in [1.807, 2.05) is 0 Å². The first kappa shape index (κ1) is 24.5. The van der Waals surface area contributed by atoms with Crippen molar-refractivity contribution in [3.05, 3.63) is 48.0 Å². The van der Waals surface area contributed by atoms with Crippen molar-refractivity contribution in [2.45, 2.75) is 17.9 Å². The Labute approximate surface area is 192 Å². The number of ether oxygens (including phenoxy) is 4. The van der Waals surface area contributed by atoms with E-state index in [1.165, 1.54) is 43.6 Å². The minimum Gasteiger partial charge on any atom is -0.496 e. The first-order valence-corrected chi connectivity index (χ1v) is 11.6. The highest BCUT2D eigenvalue weighted by Crippen LogP contribution is 2.29. The van der Waals surface area contributed by atoms with Gasteiger partial charge in [-0.05, 0) is 37.3 Å². The van der Waals surface area contributed by atoms with E-state index in [0.717, 1.165) is 0 Å². The first-order chi connectivity index (χ1) is 15.8. The van der Waals surface area contributed by atoms with Crippen LogP contribution in [0.25, 0.3) is 0 Å². The van der Waals surface area contributed by atoms with Crippen molar-refractivity contribution in [3.8, 4) is 11.5 Å². The molecular weight excluding hydrogens is 452 g/mol. The molecule has 0 aliphatic carbocycles. The van der Waals surface area contributed by atoms with Crippen molar-refractivity contribution >= 4 is 27.6 Å². The minimum absolute atomic E-state index is 0.0469. The molecule has 1 atom stereocenters. The number of hydrogen-bond donors (Lipinski definition) is 1. The summed E-state index contributed by atoms with van der Waals surface area (Å²) in [5, 5.41) is 2.58. The number of amides is 1. The predicted molar refractivity (Wildman–Crippen MR) is 119 cm³/mol. The van der Waals surface area contributed by atoms with Crippen LogP contribution in [0.15, 0.2) is 47.4 Å². The first-order valence-electron chi connectivity index (χ1n) is 10.2. The average molecular weight is 479 g/mol. The fourth-order valence-electron chi connectivity index (χ4n) is 3.24. The molecule has 1 saturated heterocycles. The largest absolute Gasteiger partial charge is 0.496 e. The fraction of sp³-hybridized carbons (Fsp3) is 0.364. The highest BCUT2D eigenvalue weighted by atomic mass is 32.2. The van der Waals surface area contributed by atoms with Crippen molar-refractivity contribution in [2.24, 2.45) is 0 Å². The van der Waals surface area contributed by atoms with Gasteiger partial charge in [-0.3, -0.25) is 4.79 Å². The molecule has 1 N–H and O–H groups in total. The Morgan fingerprint density at radius 1 is 1.03 bits per heavy atom. The quantitative estimate of drug-likeness (QED) is 0.572. The van der Waals surface area contributed by atoms with Gasteiger partial charge in [0.25, 0.3) is 5.91 Å². The zero-order valence-corrected chi connectivity index (χ0v) is 19.4. The smallest absolute Gasteiger partial charge is 0.346 e. The lowest BCUT2D eigenvalue weighted by Crippen LogP contribution is -2.40. The monoisotopic (exact) mass is 478 g/mol. The average Bonchev–Trinajstić information content (AvgIpc) is 2.83. The molecule has 0 radical (unpaired) electrons. The lowest BCUT2D eigenvalue weighted by molar-refractivity contribution is -0.123. The summed E-state index contributed by atoms with van der Waals surface area (Å²) in [7, 11) is -0.917. The Hall–Kier alpha value is -3.15. The van der Waals surface area contributed by atoms with Crippen LogP contribution < -0.4 is 14.8 Å². The van der Waals surface area contributed by atoms with Crippen LogP contribution in [0.5, 0.6) is 11.5 Å². The highest BCUT2D eigenvalue weighted by molar-refractivity contribution is 7.89. The van der Waals surface area contributed by atoms with E-state index in [2.05, 4.69) is 5.32 Å². The van der Waals surface area contributed by atoms with E-state index >= 15 is 0 Å². The molecule has 0 unspecified atom stereocenters. The topological polar surface area (TPSA) is 120 Å². The fourth-order valence-corrected chi connectivity index (χ4v) is 4.69. The molecule has 2 aromatic carbocycles. The van der Waals surface area contributed by atoms with Gasteiger partial charge in [0.15, 0.2) is 6.10 Å². The molecule has 1 heterocycles. The maximum Gasteiger partial charge on any atom is 0.346 e. The number of methoxy groups -OCH3 is 2. The van der Waals surface area contributed by atoms with Gasteiger partial charge in [-0.15, -0.1) is 0 Å². The number of benzene rings is 2. The standard InChI is InChI=1S/C22H26N2O8S/c1-15(32-22(26)20-18(29-2)8-5-9-19(20)30-3)21(25)23-16-6-4-7-17(14-16)33(27,28)24-10-12-31-13-11-24/h4-9,14-15H,10-13H2,1-3H3,(H,23,25)/t15-/m0/s1. The molecule has 2 aromatic rings. The Balaban J connectivity index is 1.71. The van der Waals surface area contributed by atoms with Crippen LogP contribution in [0.2, 0.25) is 0 Å². The Morgan fingerprint density at radius 3 is 2.24 bits per heavy atom. The molecule has 178 valence electrons. The van der Waals surface area contributed by atoms with Crippen LogP contribution in [0.3, 0.4) is 0 Å². The molecule has 0 saturated carbocycles. The number of anilines is 1. The van der Waals surface area contributed by atoms with Gasteiger partial charge in [0.1, 0.15) is 17.1 Å². The van der Waals surface area contributed by atoms with Crippen LogP contribution in [0.4, 0.5) is 5.69 Å². The van der Waals surface area contributed by atoms with Crippen molar-refractivity contribution in [2.75, 3.05) is 45.8 Å². The lowest BCUT2D eigenvalue weighted by Gasteiger charge is -2.26. The summed E-state index contributed by atoms with van der Waals surface area (Å²) in [5.74, 6) is -0.935. The second kappa shape index (κ2) is 10.6. The lowest BCUT2D eigenvalue weighted by atomic mass is 10.1. The maximum atomic E-state index is 12.8. The summed E-state index contributed by atoms with van der Waals surface area (Å²) in [6, 6.07) is 10.7. The number of nitrogens with zero attached hydrogens (tertiary/aromatic N) is 1. The van der Waals surface area contributed by atoms with E-state index < -0.39 is 28.0 Å². The Bertz CT molecular complexity index is 1090. The van der Waals surface area contributed by atoms with Gasteiger partial charge in [-0.2, -0.15) is 4.31 Å². The van der Waals surface area contributed by atoms with Crippen LogP contribution in [-0.4, -0.2) is 71.2 Å². The van der Waals surface area contributed by atoms with Crippen molar-refractivity contribution in [1.29, 1.82) is 0 Å². The second-order valence-corrected chi connectivity index (χ2v) is 9.06. The van der Waals surface area contributed by atoms with Gasteiger partial charge in [0, 0.05) is 18.8 Å². The summed E-state index contributed by atoms with van der Waals surface area (Å²) in [5.41, 5.74) is 0.313. The van der Waals surface area contributed by atoms with Gasteiger partial charge in [0.05, 0.1) is 32.3 Å². The SMILES string of the molecule is COc1cccc(OC)c1C(=O)O[C@@H](C)C(=O)Nc1cccc(S(=O)(=O)N2CCOCC2)c1. The van der Waals surface area contributed by atoms with Crippen molar-refractivity contribution < 1.29 is 37.0 Å². The zero-order chi connectivity index (χ0) is 24.0. The summed E-state index contributed by atoms with van der Waals surface area (Å²) in [4.78, 5) is 25.3. The molecular formula is C22H26N2O8S. The van der Waals surface area contributed by atoms with Gasteiger partial charge in [0.2, 0.25) is 10.0 Å². The third-order valence-electron chi connectivity index (χ3n) is 4.99. The molecule has 3 rings (SSSR count). The highest BCUT2D eigenvalue weighted by Gasteiger charge is 2.28. The van der Waals surface area contributed by atoms with Crippen molar-refractivity contribution in [1.82, 2.24) is 4.31 Å². The molecule has 0 bridgehead atoms. The number of esters is 1. The van der Waals surface area contributed by atoms with E-state index in [-0.39, 0.29) is 40.7 Å². The van der Waals surface area contributed by atoms with Gasteiger partial charge in [-0.25, -0.2) is 13.2 Å². The summed E-state index contributed by atoms with van der Waals surface area (Å²) in [6.45, 7) is 2.59. The minimum atomic E-state index is -3.72. The molecule has 1 aliphatic heterocycles. The van der Waals surface area contributed by atoms with E-state index in [0.29, 0.717) is 13.2 Å². The second-order valence-electron chi connectivity index (χ2n) is 7.12. The van der Waals surface area contributed by atoms with E-state index in [1.54, 1.807) is 24.3 Å². The van der Waals surface area contributed by atoms with Crippen LogP contribution in [-0.2, 0) is 24.3 Å². The van der Waals surface area contributed by atoms with E-state index in [9.17, 15) is 18.0 Å². The van der Waals surface area contributed by atoms with Crippen LogP contribution >= 0.6 is 0 Å². The Kier molecular flexibility index (Phi) is 7.90. The summed E-state index contributed by atoms with van der Waals surface area (Å²) < 4.78 is 47.9. The number of carbonyl (C=O) groups is 2. The van der Waals surface area contributed by atoms with Gasteiger partial charge >= 0.3 is 5.97 Å². The molecule has 11 heteroatoms. The van der Waals surface area contributed by atoms with Crippen LogP contribution in [0, 0.1) is 0 Å². The van der Waals surface area contributed by atoms with Gasteiger partial charge in [-0.1, -0.05) is 12.1 Å². The number of rotatable bonds is 8. The molecule has 1 fully saturated rings. The molecule has 1 aliphatic rings. The molecule has 33 heavy (non-hydrogen) atoms. The number of hydrogen-bond acceptors (Lipinski definition) is 8. The number of carbonyl (C=O) groups excluding carboxylic acids is 2. The maximum absolute atomic E-state index is 12.8. The summed E-state index contributed by atoms with van der Waals surface area (Å²) in [6.07, 6.45) is -1.17. The predicted octanol–water partition coefficient (Wildman–Crippen LogP) is 1.91. The molecule has 1 amide bonds. The molecule has 0 aromatic heterocycles. The van der Waals surface area contributed by atoms with Crippen LogP contribution in [0.1, 0.15) is 17.3 Å². The normalized spacial score (nSPS) is 15.4. The third kappa shape index (κ3) is 5.62. The number of sulfonamides is 1.